The number of likely N-dealkylation sites (tertiary alicyclic amines) is 1. The lowest BCUT2D eigenvalue weighted by Crippen LogP contribution is -2.48. The lowest BCUT2D eigenvalue weighted by atomic mass is 9.82. The number of thiazole rings is 1. The first kappa shape index (κ1) is 15.9. The highest BCUT2D eigenvalue weighted by atomic mass is 32.1. The first-order valence-electron chi connectivity index (χ1n) is 6.85. The number of methoxy groups -OCH3 is 1. The molecule has 1 saturated heterocycles. The van der Waals surface area contributed by atoms with E-state index in [-0.39, 0.29) is 12.5 Å². The number of aryl methyl sites for hydroxylation is 1. The van der Waals surface area contributed by atoms with E-state index in [0.717, 1.165) is 5.01 Å². The van der Waals surface area contributed by atoms with Crippen molar-refractivity contribution in [2.75, 3.05) is 20.2 Å². The van der Waals surface area contributed by atoms with Crippen molar-refractivity contribution in [3.8, 4) is 0 Å². The number of piperidine rings is 1. The lowest BCUT2D eigenvalue weighted by Gasteiger charge is -2.37. The summed E-state index contributed by atoms with van der Waals surface area (Å²) in [7, 11) is 1.58. The second kappa shape index (κ2) is 6.11. The Morgan fingerprint density at radius 3 is 2.86 bits per heavy atom. The summed E-state index contributed by atoms with van der Waals surface area (Å²) in [6, 6.07) is 0. The second-order valence-corrected chi connectivity index (χ2v) is 6.73. The molecule has 0 spiro atoms. The van der Waals surface area contributed by atoms with Crippen LogP contribution in [0, 0.1) is 12.3 Å². The fourth-order valence-electron chi connectivity index (χ4n) is 2.57. The van der Waals surface area contributed by atoms with Crippen LogP contribution in [-0.2, 0) is 16.1 Å². The molecule has 1 amide bonds. The van der Waals surface area contributed by atoms with E-state index in [1.165, 1.54) is 11.3 Å². The van der Waals surface area contributed by atoms with Gasteiger partial charge in [-0.15, -0.1) is 11.3 Å². The zero-order valence-corrected chi connectivity index (χ0v) is 13.3. The molecule has 7 heteroatoms. The summed E-state index contributed by atoms with van der Waals surface area (Å²) in [5.41, 5.74) is -0.179. The minimum Gasteiger partial charge on any atom is -0.481 e. The van der Waals surface area contributed by atoms with Gasteiger partial charge in [-0.2, -0.15) is 0 Å². The zero-order valence-electron chi connectivity index (χ0n) is 12.5. The average Bonchev–Trinajstić information content (AvgIpc) is 2.79. The summed E-state index contributed by atoms with van der Waals surface area (Å²) in [5, 5.41) is 10.1. The van der Waals surface area contributed by atoms with Gasteiger partial charge in [0.1, 0.15) is 9.88 Å². The largest absolute Gasteiger partial charge is 0.481 e. The van der Waals surface area contributed by atoms with Gasteiger partial charge in [0.15, 0.2) is 0 Å². The maximum Gasteiger partial charge on any atom is 0.311 e. The third kappa shape index (κ3) is 3.24. The number of hydrogen-bond acceptors (Lipinski definition) is 5. The van der Waals surface area contributed by atoms with Gasteiger partial charge in [-0.05, 0) is 26.7 Å². The van der Waals surface area contributed by atoms with Gasteiger partial charge in [0.25, 0.3) is 5.91 Å². The van der Waals surface area contributed by atoms with Gasteiger partial charge in [0, 0.05) is 20.2 Å². The molecule has 1 unspecified atom stereocenters. The lowest BCUT2D eigenvalue weighted by molar-refractivity contribution is -0.150. The first-order chi connectivity index (χ1) is 9.87. The Morgan fingerprint density at radius 2 is 2.24 bits per heavy atom. The van der Waals surface area contributed by atoms with Gasteiger partial charge in [0.05, 0.1) is 17.7 Å². The summed E-state index contributed by atoms with van der Waals surface area (Å²) in [6.45, 7) is 4.72. The molecule has 1 aliphatic rings. The van der Waals surface area contributed by atoms with Crippen LogP contribution >= 0.6 is 11.3 Å². The number of carbonyl (C=O) groups excluding carboxylic acids is 1. The molecule has 2 rings (SSSR count). The molecule has 0 radical (unpaired) electrons. The van der Waals surface area contributed by atoms with Gasteiger partial charge >= 0.3 is 5.97 Å². The molecule has 116 valence electrons. The van der Waals surface area contributed by atoms with Crippen molar-refractivity contribution < 1.29 is 19.4 Å². The standard InChI is InChI=1S/C14H20N2O4S/c1-9-11(21-10(15-9)7-20-3)12(17)16-6-4-5-14(2,8-16)13(18)19/h4-8H2,1-3H3,(H,18,19). The third-order valence-electron chi connectivity index (χ3n) is 3.80. The molecule has 6 nitrogen and oxygen atoms in total. The number of carbonyl (C=O) groups is 2. The van der Waals surface area contributed by atoms with Crippen LogP contribution < -0.4 is 0 Å². The monoisotopic (exact) mass is 312 g/mol. The first-order valence-corrected chi connectivity index (χ1v) is 7.67. The highest BCUT2D eigenvalue weighted by Crippen LogP contribution is 2.31. The van der Waals surface area contributed by atoms with Crippen LogP contribution in [0.5, 0.6) is 0 Å². The van der Waals surface area contributed by atoms with Crippen LogP contribution in [0.1, 0.15) is 40.1 Å². The number of carboxylic acid groups (broad SMARTS) is 1. The summed E-state index contributed by atoms with van der Waals surface area (Å²) in [5.74, 6) is -0.972. The van der Waals surface area contributed by atoms with Crippen molar-refractivity contribution in [1.82, 2.24) is 9.88 Å². The van der Waals surface area contributed by atoms with Crippen LogP contribution in [0.4, 0.5) is 0 Å². The van der Waals surface area contributed by atoms with Crippen molar-refractivity contribution in [3.05, 3.63) is 15.6 Å². The smallest absolute Gasteiger partial charge is 0.311 e. The Kier molecular flexibility index (Phi) is 4.63. The number of aromatic nitrogens is 1. The minimum atomic E-state index is -0.859. The summed E-state index contributed by atoms with van der Waals surface area (Å²) >= 11 is 1.32. The van der Waals surface area contributed by atoms with Gasteiger partial charge in [0.2, 0.25) is 0 Å². The molecule has 1 fully saturated rings. The number of carboxylic acids is 1. The molecule has 0 aromatic carbocycles. The minimum absolute atomic E-state index is 0.125. The van der Waals surface area contributed by atoms with Crippen molar-refractivity contribution in [2.24, 2.45) is 5.41 Å². The van der Waals surface area contributed by atoms with E-state index in [0.29, 0.717) is 36.6 Å². The van der Waals surface area contributed by atoms with Crippen molar-refractivity contribution >= 4 is 23.2 Å². The quantitative estimate of drug-likeness (QED) is 0.919. The molecule has 0 saturated carbocycles. The van der Waals surface area contributed by atoms with E-state index in [1.807, 2.05) is 0 Å². The predicted molar refractivity (Wildman–Crippen MR) is 78.4 cm³/mol. The molecule has 1 N–H and O–H groups in total. The molecular weight excluding hydrogens is 292 g/mol. The average molecular weight is 312 g/mol. The number of aliphatic carboxylic acids is 1. The molecule has 1 aliphatic heterocycles. The zero-order chi connectivity index (χ0) is 15.6. The van der Waals surface area contributed by atoms with Crippen LogP contribution in [0.15, 0.2) is 0 Å². The Hall–Kier alpha value is -1.47. The van der Waals surface area contributed by atoms with Gasteiger partial charge in [-0.3, -0.25) is 9.59 Å². The molecule has 1 atom stereocenters. The summed E-state index contributed by atoms with van der Waals surface area (Å²) < 4.78 is 5.03. The normalized spacial score (nSPS) is 22.3. The maximum atomic E-state index is 12.6. The van der Waals surface area contributed by atoms with E-state index in [2.05, 4.69) is 4.98 Å². The highest BCUT2D eigenvalue weighted by Gasteiger charge is 2.40. The van der Waals surface area contributed by atoms with E-state index in [9.17, 15) is 14.7 Å². The number of ether oxygens (including phenoxy) is 1. The van der Waals surface area contributed by atoms with Crippen molar-refractivity contribution in [1.29, 1.82) is 0 Å². The van der Waals surface area contributed by atoms with Gasteiger partial charge in [-0.25, -0.2) is 4.98 Å². The van der Waals surface area contributed by atoms with Crippen LogP contribution in [0.3, 0.4) is 0 Å². The third-order valence-corrected chi connectivity index (χ3v) is 4.92. The van der Waals surface area contributed by atoms with E-state index in [4.69, 9.17) is 4.74 Å². The molecule has 21 heavy (non-hydrogen) atoms. The Morgan fingerprint density at radius 1 is 1.52 bits per heavy atom. The van der Waals surface area contributed by atoms with E-state index < -0.39 is 11.4 Å². The molecule has 1 aromatic heterocycles. The number of rotatable bonds is 4. The predicted octanol–water partition coefficient (Wildman–Crippen LogP) is 1.92. The summed E-state index contributed by atoms with van der Waals surface area (Å²) in [6.07, 6.45) is 1.31. The second-order valence-electron chi connectivity index (χ2n) is 5.65. The molecule has 0 bridgehead atoms. The number of nitrogens with zero attached hydrogens (tertiary/aromatic N) is 2. The van der Waals surface area contributed by atoms with Gasteiger partial charge in [-0.1, -0.05) is 0 Å². The fraction of sp³-hybridized carbons (Fsp3) is 0.643. The Bertz CT molecular complexity index is 557. The fourth-order valence-corrected chi connectivity index (χ4v) is 3.57. The van der Waals surface area contributed by atoms with Crippen LogP contribution in [-0.4, -0.2) is 47.1 Å². The van der Waals surface area contributed by atoms with E-state index >= 15 is 0 Å². The van der Waals surface area contributed by atoms with E-state index in [1.54, 1.807) is 25.9 Å². The number of amides is 1. The maximum absolute atomic E-state index is 12.6. The molecule has 0 aliphatic carbocycles. The molecule has 2 heterocycles. The molecule has 1 aromatic rings. The summed E-state index contributed by atoms with van der Waals surface area (Å²) in [4.78, 5) is 30.5. The number of hydrogen-bond donors (Lipinski definition) is 1. The highest BCUT2D eigenvalue weighted by molar-refractivity contribution is 7.13. The van der Waals surface area contributed by atoms with Crippen molar-refractivity contribution in [3.63, 3.8) is 0 Å². The topological polar surface area (TPSA) is 79.7 Å². The van der Waals surface area contributed by atoms with Gasteiger partial charge < -0.3 is 14.7 Å². The van der Waals surface area contributed by atoms with Crippen molar-refractivity contribution in [2.45, 2.75) is 33.3 Å². The van der Waals surface area contributed by atoms with Crippen LogP contribution in [0.2, 0.25) is 0 Å². The molecular formula is C14H20N2O4S. The SMILES string of the molecule is COCc1nc(C)c(C(=O)N2CCCC(C)(C(=O)O)C2)s1. The Labute approximate surface area is 127 Å². The Balaban J connectivity index is 2.18. The van der Waals surface area contributed by atoms with Crippen LogP contribution in [0.25, 0.3) is 0 Å².